The van der Waals surface area contributed by atoms with Crippen LogP contribution in [-0.2, 0) is 27.4 Å². The molecular formula is C29H39N3O5. The van der Waals surface area contributed by atoms with Crippen molar-refractivity contribution in [3.05, 3.63) is 41.6 Å². The SMILES string of the molecule is COCc1cc(OC)c(-c2cccc3c(N(CC4CCOCC4)CC4CC4)c(COC)nn23)c(OC)c1. The zero-order chi connectivity index (χ0) is 25.8. The van der Waals surface area contributed by atoms with Gasteiger partial charge in [0.25, 0.3) is 0 Å². The van der Waals surface area contributed by atoms with Crippen LogP contribution < -0.4 is 14.4 Å². The number of anilines is 1. The summed E-state index contributed by atoms with van der Waals surface area (Å²) in [6.07, 6.45) is 4.81. The molecule has 8 heteroatoms. The highest BCUT2D eigenvalue weighted by molar-refractivity contribution is 5.82. The second-order valence-electron chi connectivity index (χ2n) is 10.1. The van der Waals surface area contributed by atoms with E-state index < -0.39 is 0 Å². The van der Waals surface area contributed by atoms with Gasteiger partial charge in [0.1, 0.15) is 17.2 Å². The summed E-state index contributed by atoms with van der Waals surface area (Å²) in [5.74, 6) is 2.82. The second-order valence-corrected chi connectivity index (χ2v) is 10.1. The molecule has 1 saturated carbocycles. The van der Waals surface area contributed by atoms with E-state index in [1.54, 1.807) is 28.4 Å². The lowest BCUT2D eigenvalue weighted by Crippen LogP contribution is -2.34. The van der Waals surface area contributed by atoms with Crippen molar-refractivity contribution in [3.63, 3.8) is 0 Å². The fraction of sp³-hybridized carbons (Fsp3) is 0.552. The molecule has 8 nitrogen and oxygen atoms in total. The van der Waals surface area contributed by atoms with Crippen LogP contribution >= 0.6 is 0 Å². The number of benzene rings is 1. The molecule has 3 aromatic rings. The highest BCUT2D eigenvalue weighted by Crippen LogP contribution is 2.42. The third-order valence-electron chi connectivity index (χ3n) is 7.43. The van der Waals surface area contributed by atoms with Crippen LogP contribution in [0.1, 0.15) is 36.9 Å². The number of ether oxygens (including phenoxy) is 5. The van der Waals surface area contributed by atoms with Crippen molar-refractivity contribution in [1.29, 1.82) is 0 Å². The maximum atomic E-state index is 5.85. The Morgan fingerprint density at radius 1 is 0.892 bits per heavy atom. The largest absolute Gasteiger partial charge is 0.496 e. The number of hydrogen-bond donors (Lipinski definition) is 0. The van der Waals surface area contributed by atoms with Gasteiger partial charge in [0.15, 0.2) is 0 Å². The van der Waals surface area contributed by atoms with Gasteiger partial charge in [-0.3, -0.25) is 0 Å². The summed E-state index contributed by atoms with van der Waals surface area (Å²) in [7, 11) is 6.79. The molecule has 2 fully saturated rings. The average molecular weight is 510 g/mol. The number of aromatic nitrogens is 2. The van der Waals surface area contributed by atoms with Gasteiger partial charge in [-0.25, -0.2) is 4.52 Å². The quantitative estimate of drug-likeness (QED) is 0.342. The molecule has 0 radical (unpaired) electrons. The van der Waals surface area contributed by atoms with E-state index in [0.29, 0.717) is 19.1 Å². The topological polar surface area (TPSA) is 66.7 Å². The predicted molar refractivity (Wildman–Crippen MR) is 144 cm³/mol. The van der Waals surface area contributed by atoms with Crippen molar-refractivity contribution in [3.8, 4) is 22.8 Å². The molecule has 1 aromatic carbocycles. The molecule has 37 heavy (non-hydrogen) atoms. The molecule has 0 unspecified atom stereocenters. The smallest absolute Gasteiger partial charge is 0.132 e. The molecular weight excluding hydrogens is 470 g/mol. The van der Waals surface area contributed by atoms with Crippen LogP contribution in [0.25, 0.3) is 16.8 Å². The van der Waals surface area contributed by atoms with Gasteiger partial charge < -0.3 is 28.6 Å². The van der Waals surface area contributed by atoms with E-state index >= 15 is 0 Å². The van der Waals surface area contributed by atoms with Gasteiger partial charge in [0, 0.05) is 40.5 Å². The molecule has 0 atom stereocenters. The van der Waals surface area contributed by atoms with Crippen LogP contribution in [0.3, 0.4) is 0 Å². The monoisotopic (exact) mass is 509 g/mol. The molecule has 1 aliphatic carbocycles. The minimum Gasteiger partial charge on any atom is -0.496 e. The van der Waals surface area contributed by atoms with Gasteiger partial charge in [-0.1, -0.05) is 6.07 Å². The van der Waals surface area contributed by atoms with Crippen molar-refractivity contribution in [1.82, 2.24) is 9.61 Å². The first kappa shape index (κ1) is 25.8. The molecule has 0 amide bonds. The Hall–Kier alpha value is -2.81. The van der Waals surface area contributed by atoms with Gasteiger partial charge in [0.2, 0.25) is 0 Å². The minimum atomic E-state index is 0.451. The van der Waals surface area contributed by atoms with Crippen LogP contribution in [0.4, 0.5) is 5.69 Å². The van der Waals surface area contributed by atoms with E-state index in [2.05, 4.69) is 23.1 Å². The Labute approximate surface area is 219 Å². The maximum absolute atomic E-state index is 5.85. The number of hydrogen-bond acceptors (Lipinski definition) is 7. The number of methoxy groups -OCH3 is 4. The minimum absolute atomic E-state index is 0.451. The summed E-state index contributed by atoms with van der Waals surface area (Å²) in [5, 5.41) is 5.12. The third kappa shape index (κ3) is 5.56. The first-order chi connectivity index (χ1) is 18.2. The Morgan fingerprint density at radius 3 is 2.14 bits per heavy atom. The highest BCUT2D eigenvalue weighted by Gasteiger charge is 2.30. The van der Waals surface area contributed by atoms with Gasteiger partial charge >= 0.3 is 0 Å². The summed E-state index contributed by atoms with van der Waals surface area (Å²) in [4.78, 5) is 2.57. The lowest BCUT2D eigenvalue weighted by atomic mass is 9.99. The molecule has 5 rings (SSSR count). The molecule has 1 aliphatic heterocycles. The molecule has 200 valence electrons. The summed E-state index contributed by atoms with van der Waals surface area (Å²) in [6.45, 7) is 4.70. The van der Waals surface area contributed by atoms with Gasteiger partial charge in [-0.05, 0) is 67.3 Å². The summed E-state index contributed by atoms with van der Waals surface area (Å²) in [5.41, 5.74) is 5.97. The highest BCUT2D eigenvalue weighted by atomic mass is 16.5. The number of nitrogens with zero attached hydrogens (tertiary/aromatic N) is 3. The fourth-order valence-electron chi connectivity index (χ4n) is 5.45. The van der Waals surface area contributed by atoms with E-state index in [0.717, 1.165) is 84.6 Å². The Morgan fingerprint density at radius 2 is 1.54 bits per heavy atom. The summed E-state index contributed by atoms with van der Waals surface area (Å²) < 4.78 is 30.4. The number of fused-ring (bicyclic) bond motifs is 1. The van der Waals surface area contributed by atoms with Crippen LogP contribution in [0.2, 0.25) is 0 Å². The molecule has 3 heterocycles. The van der Waals surface area contributed by atoms with E-state index in [9.17, 15) is 0 Å². The molecule has 0 bridgehead atoms. The molecule has 0 N–H and O–H groups in total. The summed E-state index contributed by atoms with van der Waals surface area (Å²) in [6, 6.07) is 10.3. The molecule has 1 saturated heterocycles. The standard InChI is InChI=1S/C29H39N3O5/c1-33-18-22-14-26(35-3)28(27(15-22)36-4)24-6-5-7-25-29(23(19-34-2)30-32(24)25)31(16-20-8-9-20)17-21-10-12-37-13-11-21/h5-7,14-15,20-21H,8-13,16-19H2,1-4H3. The molecule has 2 aliphatic rings. The zero-order valence-electron chi connectivity index (χ0n) is 22.5. The van der Waals surface area contributed by atoms with Crippen molar-refractivity contribution in [2.75, 3.05) is 59.6 Å². The van der Waals surface area contributed by atoms with E-state index in [-0.39, 0.29) is 0 Å². The molecule has 0 spiro atoms. The third-order valence-corrected chi connectivity index (χ3v) is 7.43. The lowest BCUT2D eigenvalue weighted by Gasteiger charge is -2.31. The van der Waals surface area contributed by atoms with E-state index in [1.165, 1.54) is 18.5 Å². The number of rotatable bonds is 12. The lowest BCUT2D eigenvalue weighted by molar-refractivity contribution is 0.0681. The van der Waals surface area contributed by atoms with Crippen molar-refractivity contribution < 1.29 is 23.7 Å². The van der Waals surface area contributed by atoms with Crippen LogP contribution in [0, 0.1) is 11.8 Å². The molecule has 2 aromatic heterocycles. The predicted octanol–water partition coefficient (Wildman–Crippen LogP) is 4.95. The van der Waals surface area contributed by atoms with Gasteiger partial charge in [-0.15, -0.1) is 0 Å². The van der Waals surface area contributed by atoms with Gasteiger partial charge in [0.05, 0.1) is 49.9 Å². The number of pyridine rings is 1. The average Bonchev–Trinajstić information content (AvgIpc) is 3.66. The first-order valence-corrected chi connectivity index (χ1v) is 13.2. The van der Waals surface area contributed by atoms with Crippen LogP contribution in [0.15, 0.2) is 30.3 Å². The Balaban J connectivity index is 1.64. The Bertz CT molecular complexity index is 1170. The fourth-order valence-corrected chi connectivity index (χ4v) is 5.45. The van der Waals surface area contributed by atoms with Crippen LogP contribution in [0.5, 0.6) is 11.5 Å². The van der Waals surface area contributed by atoms with Gasteiger partial charge in [-0.2, -0.15) is 5.10 Å². The zero-order valence-corrected chi connectivity index (χ0v) is 22.5. The Kier molecular flexibility index (Phi) is 8.17. The van der Waals surface area contributed by atoms with Crippen LogP contribution in [-0.4, -0.2) is 64.4 Å². The summed E-state index contributed by atoms with van der Waals surface area (Å²) >= 11 is 0. The van der Waals surface area contributed by atoms with Crippen molar-refractivity contribution >= 4 is 11.2 Å². The van der Waals surface area contributed by atoms with Crippen molar-refractivity contribution in [2.45, 2.75) is 38.9 Å². The van der Waals surface area contributed by atoms with Crippen molar-refractivity contribution in [2.24, 2.45) is 11.8 Å². The van der Waals surface area contributed by atoms with E-state index in [4.69, 9.17) is 28.8 Å². The first-order valence-electron chi connectivity index (χ1n) is 13.2. The second kappa shape index (κ2) is 11.7. The maximum Gasteiger partial charge on any atom is 0.132 e. The van der Waals surface area contributed by atoms with E-state index in [1.807, 2.05) is 16.6 Å². The normalized spacial score (nSPS) is 16.3.